The fourth-order valence-corrected chi connectivity index (χ4v) is 4.38. The van der Waals surface area contributed by atoms with Gasteiger partial charge in [-0.25, -0.2) is 14.4 Å². The van der Waals surface area contributed by atoms with E-state index in [0.717, 1.165) is 27.2 Å². The van der Waals surface area contributed by atoms with E-state index in [2.05, 4.69) is 4.99 Å². The van der Waals surface area contributed by atoms with E-state index in [1.165, 1.54) is 23.5 Å². The van der Waals surface area contributed by atoms with Gasteiger partial charge in [0.1, 0.15) is 10.8 Å². The van der Waals surface area contributed by atoms with Crippen molar-refractivity contribution in [2.24, 2.45) is 4.99 Å². The van der Waals surface area contributed by atoms with Crippen LogP contribution in [0.25, 0.3) is 32.8 Å². The van der Waals surface area contributed by atoms with E-state index >= 15 is 0 Å². The monoisotopic (exact) mass is 476 g/mol. The summed E-state index contributed by atoms with van der Waals surface area (Å²) in [5.41, 5.74) is 4.09. The smallest absolute Gasteiger partial charge is 0.230 e. The van der Waals surface area contributed by atoms with Crippen molar-refractivity contribution in [3.05, 3.63) is 94.6 Å². The number of hydrogen-bond donors (Lipinski definition) is 0. The number of fused-ring (bicyclic) bond motifs is 1. The van der Waals surface area contributed by atoms with Gasteiger partial charge in [-0.05, 0) is 55.5 Å². The summed E-state index contributed by atoms with van der Waals surface area (Å²) in [5, 5.41) is 4.29. The average Bonchev–Trinajstić information content (AvgIpc) is 3.31. The summed E-state index contributed by atoms with van der Waals surface area (Å²) in [4.78, 5) is 9.49. The van der Waals surface area contributed by atoms with Gasteiger partial charge in [-0.1, -0.05) is 35.9 Å². The van der Waals surface area contributed by atoms with Crippen molar-refractivity contribution >= 4 is 39.6 Å². The van der Waals surface area contributed by atoms with Crippen molar-refractivity contribution in [1.29, 1.82) is 0 Å². The second kappa shape index (κ2) is 9.17. The van der Waals surface area contributed by atoms with Gasteiger partial charge in [-0.3, -0.25) is 0 Å². The molecule has 0 amide bonds. The van der Waals surface area contributed by atoms with E-state index in [9.17, 15) is 4.39 Å². The zero-order chi connectivity index (χ0) is 22.8. The molecule has 4 nitrogen and oxygen atoms in total. The summed E-state index contributed by atoms with van der Waals surface area (Å²) < 4.78 is 25.4. The summed E-state index contributed by atoms with van der Waals surface area (Å²) in [7, 11) is 0. The van der Waals surface area contributed by atoms with Crippen LogP contribution in [0.2, 0.25) is 5.02 Å². The molecule has 5 aromatic rings. The van der Waals surface area contributed by atoms with E-state index < -0.39 is 0 Å². The fourth-order valence-electron chi connectivity index (χ4n) is 3.41. The molecular formula is C26H18ClFN2O2S. The van der Waals surface area contributed by atoms with E-state index in [1.807, 2.05) is 60.8 Å². The van der Waals surface area contributed by atoms with E-state index in [1.54, 1.807) is 12.1 Å². The van der Waals surface area contributed by atoms with E-state index in [-0.39, 0.29) is 5.82 Å². The van der Waals surface area contributed by atoms with Crippen LogP contribution in [0.1, 0.15) is 6.92 Å². The van der Waals surface area contributed by atoms with Gasteiger partial charge in [0, 0.05) is 21.4 Å². The molecule has 0 unspecified atom stereocenters. The van der Waals surface area contributed by atoms with Gasteiger partial charge in [0.05, 0.1) is 23.6 Å². The molecule has 164 valence electrons. The maximum absolute atomic E-state index is 13.4. The molecule has 0 aliphatic rings. The maximum Gasteiger partial charge on any atom is 0.230 e. The Bertz CT molecular complexity index is 1490. The molecule has 0 saturated heterocycles. The van der Waals surface area contributed by atoms with Crippen LogP contribution in [-0.4, -0.2) is 11.6 Å². The first-order valence-electron chi connectivity index (χ1n) is 10.3. The Labute approximate surface area is 198 Å². The molecule has 0 aliphatic heterocycles. The topological polar surface area (TPSA) is 47.6 Å². The minimum Gasteiger partial charge on any atom is -0.490 e. The number of halogens is 2. The van der Waals surface area contributed by atoms with Gasteiger partial charge in [0.25, 0.3) is 0 Å². The van der Waals surface area contributed by atoms with Crippen molar-refractivity contribution in [3.63, 3.8) is 0 Å². The number of benzene rings is 3. The van der Waals surface area contributed by atoms with Crippen LogP contribution in [0.15, 0.2) is 87.6 Å². The fraction of sp³-hybridized carbons (Fsp3) is 0.0769. The predicted molar refractivity (Wildman–Crippen MR) is 131 cm³/mol. The molecule has 5 rings (SSSR count). The van der Waals surface area contributed by atoms with Gasteiger partial charge >= 0.3 is 0 Å². The van der Waals surface area contributed by atoms with Crippen LogP contribution in [0.5, 0.6) is 5.75 Å². The normalized spacial score (nSPS) is 11.8. The van der Waals surface area contributed by atoms with Crippen LogP contribution in [0, 0.1) is 5.82 Å². The zero-order valence-electron chi connectivity index (χ0n) is 17.6. The molecule has 0 radical (unpaired) electrons. The quantitative estimate of drug-likeness (QED) is 0.262. The van der Waals surface area contributed by atoms with E-state index in [0.29, 0.717) is 34.2 Å². The minimum absolute atomic E-state index is 0.323. The van der Waals surface area contributed by atoms with Crippen molar-refractivity contribution in [2.45, 2.75) is 6.92 Å². The third-order valence-electron chi connectivity index (χ3n) is 4.97. The summed E-state index contributed by atoms with van der Waals surface area (Å²) >= 11 is 7.52. The second-order valence-electron chi connectivity index (χ2n) is 7.21. The minimum atomic E-state index is -0.323. The highest BCUT2D eigenvalue weighted by atomic mass is 35.5. The van der Waals surface area contributed by atoms with Gasteiger partial charge in [-0.15, -0.1) is 11.3 Å². The number of ether oxygens (including phenoxy) is 1. The summed E-state index contributed by atoms with van der Waals surface area (Å²) in [5.74, 6) is 0.314. The molecule has 0 bridgehead atoms. The number of nitrogens with zero attached hydrogens (tertiary/aromatic N) is 2. The first-order valence-corrected chi connectivity index (χ1v) is 11.6. The number of hydrogen-bond acceptors (Lipinski definition) is 5. The predicted octanol–water partition coefficient (Wildman–Crippen LogP) is 7.65. The lowest BCUT2D eigenvalue weighted by atomic mass is 10.1. The van der Waals surface area contributed by atoms with Crippen LogP contribution in [-0.2, 0) is 0 Å². The number of aromatic nitrogens is 1. The lowest BCUT2D eigenvalue weighted by molar-refractivity contribution is 0.337. The molecule has 7 heteroatoms. The zero-order valence-corrected chi connectivity index (χ0v) is 19.2. The van der Waals surface area contributed by atoms with Crippen LogP contribution in [0.3, 0.4) is 0 Å². The first kappa shape index (κ1) is 21.4. The molecule has 0 aliphatic carbocycles. The lowest BCUT2D eigenvalue weighted by Gasteiger charge is -2.08. The first-order chi connectivity index (χ1) is 16.1. The molecule has 33 heavy (non-hydrogen) atoms. The Balaban J connectivity index is 1.70. The Morgan fingerprint density at radius 2 is 1.85 bits per heavy atom. The van der Waals surface area contributed by atoms with Crippen LogP contribution < -0.4 is 10.3 Å². The molecule has 3 aromatic carbocycles. The SMILES string of the molecule is CCOc1cccc2cc(-c3nc(-c4ccc(Cl)cc4)cs3)c(=Nc3ccc(F)cc3)oc12. The molecule has 0 atom stereocenters. The molecule has 2 heterocycles. The Kier molecular flexibility index (Phi) is 5.94. The van der Waals surface area contributed by atoms with Gasteiger partial charge < -0.3 is 9.15 Å². The lowest BCUT2D eigenvalue weighted by Crippen LogP contribution is -2.06. The molecule has 0 N–H and O–H groups in total. The van der Waals surface area contributed by atoms with E-state index in [4.69, 9.17) is 25.7 Å². The van der Waals surface area contributed by atoms with Crippen LogP contribution in [0.4, 0.5) is 10.1 Å². The van der Waals surface area contributed by atoms with Crippen LogP contribution >= 0.6 is 22.9 Å². The highest BCUT2D eigenvalue weighted by Gasteiger charge is 2.14. The van der Waals surface area contributed by atoms with Gasteiger partial charge in [-0.2, -0.15) is 0 Å². The number of para-hydroxylation sites is 1. The summed E-state index contributed by atoms with van der Waals surface area (Å²) in [6.45, 7) is 2.43. The van der Waals surface area contributed by atoms with Crippen molar-refractivity contribution in [3.8, 4) is 27.6 Å². The highest BCUT2D eigenvalue weighted by molar-refractivity contribution is 7.13. The molecule has 0 fully saturated rings. The molecule has 0 spiro atoms. The molecule has 0 saturated carbocycles. The molecular weight excluding hydrogens is 459 g/mol. The average molecular weight is 477 g/mol. The second-order valence-corrected chi connectivity index (χ2v) is 8.50. The summed E-state index contributed by atoms with van der Waals surface area (Å²) in [6.07, 6.45) is 0. The van der Waals surface area contributed by atoms with Crippen molar-refractivity contribution in [1.82, 2.24) is 4.98 Å². The molecule has 2 aromatic heterocycles. The largest absolute Gasteiger partial charge is 0.490 e. The summed E-state index contributed by atoms with van der Waals surface area (Å²) in [6, 6.07) is 21.2. The Morgan fingerprint density at radius 3 is 2.61 bits per heavy atom. The Hall–Kier alpha value is -3.48. The third-order valence-corrected chi connectivity index (χ3v) is 6.10. The van der Waals surface area contributed by atoms with Gasteiger partial charge in [0.2, 0.25) is 5.55 Å². The third kappa shape index (κ3) is 4.53. The highest BCUT2D eigenvalue weighted by Crippen LogP contribution is 2.32. The van der Waals surface area contributed by atoms with Crippen molar-refractivity contribution < 1.29 is 13.5 Å². The maximum atomic E-state index is 13.4. The Morgan fingerprint density at radius 1 is 1.06 bits per heavy atom. The standard InChI is InChI=1S/C26H18ClFN2O2S/c1-2-31-23-5-3-4-17-14-21(25(32-24(17)23)29-20-12-10-19(28)11-13-20)26-30-22(15-33-26)16-6-8-18(27)9-7-16/h3-15H,2H2,1H3. The van der Waals surface area contributed by atoms with Crippen molar-refractivity contribution in [2.75, 3.05) is 6.61 Å². The van der Waals surface area contributed by atoms with Gasteiger partial charge in [0.15, 0.2) is 11.3 Å². The number of thiazole rings is 1. The number of rotatable bonds is 5.